The van der Waals surface area contributed by atoms with Crippen molar-refractivity contribution in [3.8, 4) is 0 Å². The summed E-state index contributed by atoms with van der Waals surface area (Å²) >= 11 is 2.08. The zero-order valence-electron chi connectivity index (χ0n) is 13.7. The Hall–Kier alpha value is 0.270. The summed E-state index contributed by atoms with van der Waals surface area (Å²) in [6, 6.07) is 0.740. The third kappa shape index (κ3) is 5.28. The van der Waals surface area contributed by atoms with Crippen molar-refractivity contribution in [1.82, 2.24) is 10.2 Å². The van der Waals surface area contributed by atoms with E-state index in [2.05, 4.69) is 56.6 Å². The highest BCUT2D eigenvalue weighted by Crippen LogP contribution is 2.25. The van der Waals surface area contributed by atoms with Gasteiger partial charge in [0.05, 0.1) is 0 Å². The van der Waals surface area contributed by atoms with Gasteiger partial charge in [-0.1, -0.05) is 34.6 Å². The zero-order chi connectivity index (χ0) is 14.3. The smallest absolute Gasteiger partial charge is 0.0304 e. The monoisotopic (exact) mass is 286 g/mol. The summed E-state index contributed by atoms with van der Waals surface area (Å²) in [6.45, 7) is 15.3. The molecular formula is C16H34N2S. The lowest BCUT2D eigenvalue weighted by molar-refractivity contribution is 0.0678. The topological polar surface area (TPSA) is 15.3 Å². The lowest BCUT2D eigenvalue weighted by Gasteiger charge is -2.48. The molecule has 2 nitrogen and oxygen atoms in total. The maximum Gasteiger partial charge on any atom is 0.0304 e. The normalized spacial score (nSPS) is 24.0. The van der Waals surface area contributed by atoms with Crippen LogP contribution >= 0.6 is 11.8 Å². The SMILES string of the molecule is CCSCCN1CC(CC)(CC)NCC1CC(C)C. The molecule has 1 saturated heterocycles. The van der Waals surface area contributed by atoms with Crippen LogP contribution in [0.15, 0.2) is 0 Å². The number of thioether (sulfide) groups is 1. The van der Waals surface area contributed by atoms with E-state index in [1.807, 2.05) is 0 Å². The van der Waals surface area contributed by atoms with Gasteiger partial charge < -0.3 is 5.32 Å². The Morgan fingerprint density at radius 1 is 1.26 bits per heavy atom. The van der Waals surface area contributed by atoms with Gasteiger partial charge in [0.15, 0.2) is 0 Å². The van der Waals surface area contributed by atoms with Crippen LogP contribution in [0.25, 0.3) is 0 Å². The Balaban J connectivity index is 2.62. The van der Waals surface area contributed by atoms with E-state index in [0.717, 1.165) is 12.0 Å². The predicted molar refractivity (Wildman–Crippen MR) is 89.1 cm³/mol. The molecule has 0 bridgehead atoms. The van der Waals surface area contributed by atoms with Crippen LogP contribution in [0.4, 0.5) is 0 Å². The minimum atomic E-state index is 0.365. The summed E-state index contributed by atoms with van der Waals surface area (Å²) in [5.41, 5.74) is 0.365. The molecule has 0 aliphatic carbocycles. The molecule has 1 rings (SSSR count). The molecule has 1 aliphatic rings. The Kier molecular flexibility index (Phi) is 7.78. The second-order valence-electron chi connectivity index (χ2n) is 6.32. The Morgan fingerprint density at radius 2 is 1.95 bits per heavy atom. The summed E-state index contributed by atoms with van der Waals surface area (Å²) in [7, 11) is 0. The van der Waals surface area contributed by atoms with Crippen molar-refractivity contribution in [2.45, 2.75) is 65.5 Å². The highest BCUT2D eigenvalue weighted by atomic mass is 32.2. The lowest BCUT2D eigenvalue weighted by atomic mass is 9.87. The molecule has 0 spiro atoms. The highest BCUT2D eigenvalue weighted by Gasteiger charge is 2.36. The molecule has 114 valence electrons. The van der Waals surface area contributed by atoms with E-state index in [1.54, 1.807) is 0 Å². The fourth-order valence-corrected chi connectivity index (χ4v) is 3.78. The fraction of sp³-hybridized carbons (Fsp3) is 1.00. The molecule has 1 aliphatic heterocycles. The molecular weight excluding hydrogens is 252 g/mol. The van der Waals surface area contributed by atoms with Crippen LogP contribution in [0, 0.1) is 5.92 Å². The van der Waals surface area contributed by atoms with Gasteiger partial charge in [-0.3, -0.25) is 4.90 Å². The minimum absolute atomic E-state index is 0.365. The molecule has 0 aromatic heterocycles. The molecule has 1 N–H and O–H groups in total. The molecule has 1 heterocycles. The lowest BCUT2D eigenvalue weighted by Crippen LogP contribution is -2.64. The first-order valence-electron chi connectivity index (χ1n) is 8.13. The average molecular weight is 287 g/mol. The van der Waals surface area contributed by atoms with Crippen LogP contribution in [-0.4, -0.2) is 47.6 Å². The van der Waals surface area contributed by atoms with Gasteiger partial charge in [-0.15, -0.1) is 0 Å². The van der Waals surface area contributed by atoms with Crippen molar-refractivity contribution in [3.05, 3.63) is 0 Å². The van der Waals surface area contributed by atoms with E-state index in [-0.39, 0.29) is 0 Å². The molecule has 0 amide bonds. The van der Waals surface area contributed by atoms with Gasteiger partial charge in [-0.25, -0.2) is 0 Å². The summed E-state index contributed by atoms with van der Waals surface area (Å²) in [4.78, 5) is 2.77. The summed E-state index contributed by atoms with van der Waals surface area (Å²) in [5.74, 6) is 3.33. The fourth-order valence-electron chi connectivity index (χ4n) is 3.13. The van der Waals surface area contributed by atoms with Crippen molar-refractivity contribution in [2.24, 2.45) is 5.92 Å². The van der Waals surface area contributed by atoms with Gasteiger partial charge in [-0.05, 0) is 30.9 Å². The minimum Gasteiger partial charge on any atom is -0.308 e. The number of piperazine rings is 1. The highest BCUT2D eigenvalue weighted by molar-refractivity contribution is 7.99. The quantitative estimate of drug-likeness (QED) is 0.686. The number of hydrogen-bond acceptors (Lipinski definition) is 3. The van der Waals surface area contributed by atoms with E-state index in [0.29, 0.717) is 5.54 Å². The molecule has 19 heavy (non-hydrogen) atoms. The average Bonchev–Trinajstić information content (AvgIpc) is 2.40. The molecule has 3 heteroatoms. The van der Waals surface area contributed by atoms with Gasteiger partial charge in [-0.2, -0.15) is 11.8 Å². The van der Waals surface area contributed by atoms with Gasteiger partial charge >= 0.3 is 0 Å². The maximum absolute atomic E-state index is 3.86. The van der Waals surface area contributed by atoms with Crippen molar-refractivity contribution in [2.75, 3.05) is 31.1 Å². The summed E-state index contributed by atoms with van der Waals surface area (Å²) in [5, 5.41) is 3.86. The third-order valence-electron chi connectivity index (χ3n) is 4.56. The van der Waals surface area contributed by atoms with Gasteiger partial charge in [0, 0.05) is 37.0 Å². The van der Waals surface area contributed by atoms with Crippen LogP contribution in [-0.2, 0) is 0 Å². The molecule has 0 radical (unpaired) electrons. The Bertz CT molecular complexity index is 239. The molecule has 0 saturated carbocycles. The Morgan fingerprint density at radius 3 is 2.47 bits per heavy atom. The first-order chi connectivity index (χ1) is 9.06. The maximum atomic E-state index is 3.86. The van der Waals surface area contributed by atoms with E-state index >= 15 is 0 Å². The Labute approximate surface area is 125 Å². The first-order valence-corrected chi connectivity index (χ1v) is 9.29. The number of nitrogens with one attached hydrogen (secondary N) is 1. The second-order valence-corrected chi connectivity index (χ2v) is 7.71. The van der Waals surface area contributed by atoms with Crippen molar-refractivity contribution in [3.63, 3.8) is 0 Å². The third-order valence-corrected chi connectivity index (χ3v) is 5.44. The van der Waals surface area contributed by atoms with Gasteiger partial charge in [0.25, 0.3) is 0 Å². The standard InChI is InChI=1S/C16H34N2S/c1-6-16(7-2)13-18(9-10-19-8-3)15(12-17-16)11-14(4)5/h14-15,17H,6-13H2,1-5H3. The number of nitrogens with zero attached hydrogens (tertiary/aromatic N) is 1. The molecule has 1 unspecified atom stereocenters. The summed E-state index contributed by atoms with van der Waals surface area (Å²) in [6.07, 6.45) is 3.82. The first kappa shape index (κ1) is 17.3. The van der Waals surface area contributed by atoms with Gasteiger partial charge in [0.2, 0.25) is 0 Å². The zero-order valence-corrected chi connectivity index (χ0v) is 14.5. The van der Waals surface area contributed by atoms with Crippen LogP contribution < -0.4 is 5.32 Å². The van der Waals surface area contributed by atoms with E-state index in [4.69, 9.17) is 0 Å². The molecule has 1 atom stereocenters. The predicted octanol–water partition coefficient (Wildman–Crippen LogP) is 3.62. The van der Waals surface area contributed by atoms with Crippen molar-refractivity contribution < 1.29 is 0 Å². The van der Waals surface area contributed by atoms with Crippen LogP contribution in [0.3, 0.4) is 0 Å². The van der Waals surface area contributed by atoms with Crippen LogP contribution in [0.1, 0.15) is 53.9 Å². The van der Waals surface area contributed by atoms with E-state index in [1.165, 1.54) is 50.4 Å². The largest absolute Gasteiger partial charge is 0.308 e. The van der Waals surface area contributed by atoms with E-state index in [9.17, 15) is 0 Å². The number of hydrogen-bond donors (Lipinski definition) is 1. The number of rotatable bonds is 8. The molecule has 1 fully saturated rings. The van der Waals surface area contributed by atoms with Crippen LogP contribution in [0.2, 0.25) is 0 Å². The van der Waals surface area contributed by atoms with E-state index < -0.39 is 0 Å². The summed E-state index contributed by atoms with van der Waals surface area (Å²) < 4.78 is 0. The molecule has 0 aromatic rings. The van der Waals surface area contributed by atoms with Crippen LogP contribution in [0.5, 0.6) is 0 Å². The second kappa shape index (κ2) is 8.53. The van der Waals surface area contributed by atoms with Crippen molar-refractivity contribution in [1.29, 1.82) is 0 Å². The van der Waals surface area contributed by atoms with Crippen molar-refractivity contribution >= 4 is 11.8 Å². The molecule has 0 aromatic carbocycles. The van der Waals surface area contributed by atoms with Gasteiger partial charge in [0.1, 0.15) is 0 Å².